The molecule has 3 aliphatic rings. The van der Waals surface area contributed by atoms with Crippen molar-refractivity contribution in [1.29, 1.82) is 0 Å². The molecule has 2 unspecified atom stereocenters. The monoisotopic (exact) mass is 212 g/mol. The third kappa shape index (κ3) is 2.01. The third-order valence-corrected chi connectivity index (χ3v) is 3.51. The molecule has 0 spiro atoms. The van der Waals surface area contributed by atoms with Crippen molar-refractivity contribution >= 4 is 5.91 Å². The molecule has 4 nitrogen and oxygen atoms in total. The van der Waals surface area contributed by atoms with Gasteiger partial charge in [0.05, 0.1) is 6.10 Å². The van der Waals surface area contributed by atoms with E-state index in [1.54, 1.807) is 0 Å². The predicted molar refractivity (Wildman–Crippen MR) is 57.3 cm³/mol. The van der Waals surface area contributed by atoms with Crippen LogP contribution in [-0.2, 0) is 9.53 Å². The van der Waals surface area contributed by atoms with Gasteiger partial charge in [0.1, 0.15) is 0 Å². The lowest BCUT2D eigenvalue weighted by Crippen LogP contribution is -2.60. The van der Waals surface area contributed by atoms with Crippen molar-refractivity contribution in [2.75, 3.05) is 26.2 Å². The van der Waals surface area contributed by atoms with Gasteiger partial charge in [0.25, 0.3) is 0 Å². The van der Waals surface area contributed by atoms with Crippen LogP contribution in [0, 0.1) is 11.8 Å². The summed E-state index contributed by atoms with van der Waals surface area (Å²) >= 11 is 0. The molecule has 0 radical (unpaired) electrons. The van der Waals surface area contributed by atoms with Crippen LogP contribution in [0.3, 0.4) is 0 Å². The summed E-state index contributed by atoms with van der Waals surface area (Å²) in [4.78, 5) is 13.6. The van der Waals surface area contributed by atoms with E-state index in [0.717, 1.165) is 19.7 Å². The number of hydrogen-bond acceptors (Lipinski definition) is 3. The van der Waals surface area contributed by atoms with Gasteiger partial charge >= 0.3 is 0 Å². The smallest absolute Gasteiger partial charge is 0.223 e. The molecule has 2 heterocycles. The SMILES string of the molecule is CCOC1C2CC1CN(C(=O)CCN)C2. The zero-order chi connectivity index (χ0) is 10.8. The first-order valence-corrected chi connectivity index (χ1v) is 5.85. The van der Waals surface area contributed by atoms with Crippen molar-refractivity contribution < 1.29 is 9.53 Å². The van der Waals surface area contributed by atoms with E-state index in [1.165, 1.54) is 6.42 Å². The molecule has 2 bridgehead atoms. The van der Waals surface area contributed by atoms with Gasteiger partial charge in [-0.05, 0) is 13.3 Å². The maximum atomic E-state index is 11.6. The topological polar surface area (TPSA) is 55.6 Å². The highest BCUT2D eigenvalue weighted by molar-refractivity contribution is 5.76. The lowest BCUT2D eigenvalue weighted by Gasteiger charge is -2.53. The number of ether oxygens (including phenoxy) is 1. The number of carbonyl (C=O) groups excluding carboxylic acids is 1. The van der Waals surface area contributed by atoms with Gasteiger partial charge in [-0.1, -0.05) is 0 Å². The first-order chi connectivity index (χ1) is 7.26. The van der Waals surface area contributed by atoms with Crippen LogP contribution < -0.4 is 5.73 Å². The Labute approximate surface area is 90.8 Å². The molecule has 86 valence electrons. The van der Waals surface area contributed by atoms with Gasteiger partial charge in [-0.3, -0.25) is 4.79 Å². The maximum Gasteiger partial charge on any atom is 0.223 e. The summed E-state index contributed by atoms with van der Waals surface area (Å²) in [7, 11) is 0. The van der Waals surface area contributed by atoms with E-state index < -0.39 is 0 Å². The summed E-state index contributed by atoms with van der Waals surface area (Å²) < 4.78 is 5.67. The fourth-order valence-corrected chi connectivity index (χ4v) is 2.79. The molecular formula is C11H20N2O2. The van der Waals surface area contributed by atoms with Gasteiger partial charge in [-0.2, -0.15) is 0 Å². The van der Waals surface area contributed by atoms with Crippen LogP contribution in [0.5, 0.6) is 0 Å². The molecular weight excluding hydrogens is 192 g/mol. The van der Waals surface area contributed by atoms with E-state index in [1.807, 2.05) is 11.8 Å². The molecule has 1 saturated carbocycles. The molecule has 1 aliphatic carbocycles. The number of carbonyl (C=O) groups is 1. The van der Waals surface area contributed by atoms with Gasteiger partial charge in [0.2, 0.25) is 5.91 Å². The molecule has 3 fully saturated rings. The van der Waals surface area contributed by atoms with Crippen LogP contribution in [0.4, 0.5) is 0 Å². The standard InChI is InChI=1S/C11H20N2O2/c1-2-15-11-8-5-9(11)7-13(6-8)10(14)3-4-12/h8-9,11H,2-7,12H2,1H3. The van der Waals surface area contributed by atoms with Crippen LogP contribution in [0.15, 0.2) is 0 Å². The highest BCUT2D eigenvalue weighted by atomic mass is 16.5. The Morgan fingerprint density at radius 2 is 2.13 bits per heavy atom. The molecule has 3 rings (SSSR count). The van der Waals surface area contributed by atoms with Gasteiger partial charge in [0, 0.05) is 44.5 Å². The van der Waals surface area contributed by atoms with Crippen molar-refractivity contribution in [2.45, 2.75) is 25.9 Å². The predicted octanol–water partition coefficient (Wildman–Crippen LogP) is 0.219. The molecule has 0 aromatic heterocycles. The Hall–Kier alpha value is -0.610. The second-order valence-electron chi connectivity index (χ2n) is 4.51. The molecule has 1 amide bonds. The summed E-state index contributed by atoms with van der Waals surface area (Å²) in [6.45, 7) is 5.03. The molecule has 2 atom stereocenters. The molecule has 4 heteroatoms. The minimum atomic E-state index is 0.210. The van der Waals surface area contributed by atoms with E-state index in [-0.39, 0.29) is 5.91 Å². The first kappa shape index (κ1) is 10.9. The minimum Gasteiger partial charge on any atom is -0.378 e. The lowest BCUT2D eigenvalue weighted by atomic mass is 9.68. The zero-order valence-corrected chi connectivity index (χ0v) is 9.32. The fourth-order valence-electron chi connectivity index (χ4n) is 2.79. The highest BCUT2D eigenvalue weighted by Crippen LogP contribution is 2.42. The van der Waals surface area contributed by atoms with E-state index in [9.17, 15) is 4.79 Å². The van der Waals surface area contributed by atoms with Gasteiger partial charge < -0.3 is 15.4 Å². The Kier molecular flexibility index (Phi) is 3.26. The summed E-state index contributed by atoms with van der Waals surface area (Å²) in [6, 6.07) is 0. The number of hydrogen-bond donors (Lipinski definition) is 1. The van der Waals surface area contributed by atoms with Crippen LogP contribution >= 0.6 is 0 Å². The third-order valence-electron chi connectivity index (χ3n) is 3.51. The van der Waals surface area contributed by atoms with E-state index >= 15 is 0 Å². The van der Waals surface area contributed by atoms with Crippen molar-refractivity contribution in [3.8, 4) is 0 Å². The normalized spacial score (nSPS) is 33.7. The number of nitrogens with zero attached hydrogens (tertiary/aromatic N) is 1. The van der Waals surface area contributed by atoms with E-state index in [0.29, 0.717) is 30.9 Å². The van der Waals surface area contributed by atoms with Crippen LogP contribution in [0.2, 0.25) is 0 Å². The number of fused-ring (bicyclic) bond motifs is 2. The van der Waals surface area contributed by atoms with Crippen molar-refractivity contribution in [3.05, 3.63) is 0 Å². The number of rotatable bonds is 4. The Morgan fingerprint density at radius 1 is 1.47 bits per heavy atom. The second-order valence-corrected chi connectivity index (χ2v) is 4.51. The van der Waals surface area contributed by atoms with Crippen molar-refractivity contribution in [3.63, 3.8) is 0 Å². The average molecular weight is 212 g/mol. The second kappa shape index (κ2) is 4.49. The van der Waals surface area contributed by atoms with Crippen LogP contribution in [0.25, 0.3) is 0 Å². The first-order valence-electron chi connectivity index (χ1n) is 5.85. The molecule has 0 aromatic rings. The van der Waals surface area contributed by atoms with Gasteiger partial charge in [0.15, 0.2) is 0 Å². The average Bonchev–Trinajstić information content (AvgIpc) is 2.26. The van der Waals surface area contributed by atoms with Crippen LogP contribution in [-0.4, -0.2) is 43.2 Å². The minimum absolute atomic E-state index is 0.210. The van der Waals surface area contributed by atoms with Gasteiger partial charge in [-0.15, -0.1) is 0 Å². The lowest BCUT2D eigenvalue weighted by molar-refractivity contribution is -0.160. The summed E-state index contributed by atoms with van der Waals surface area (Å²) in [6.07, 6.45) is 2.13. The number of amides is 1. The molecule has 2 aliphatic heterocycles. The van der Waals surface area contributed by atoms with Crippen molar-refractivity contribution in [1.82, 2.24) is 4.90 Å². The Bertz CT molecular complexity index is 233. The van der Waals surface area contributed by atoms with Crippen molar-refractivity contribution in [2.24, 2.45) is 17.6 Å². The largest absolute Gasteiger partial charge is 0.378 e. The summed E-state index contributed by atoms with van der Waals surface area (Å²) in [5.74, 6) is 1.36. The van der Waals surface area contributed by atoms with Crippen LogP contribution in [0.1, 0.15) is 19.8 Å². The molecule has 0 aromatic carbocycles. The van der Waals surface area contributed by atoms with Gasteiger partial charge in [-0.25, -0.2) is 0 Å². The fraction of sp³-hybridized carbons (Fsp3) is 0.909. The molecule has 15 heavy (non-hydrogen) atoms. The van der Waals surface area contributed by atoms with E-state index in [4.69, 9.17) is 10.5 Å². The zero-order valence-electron chi connectivity index (χ0n) is 9.32. The summed E-state index contributed by atoms with van der Waals surface area (Å²) in [5, 5.41) is 0. The Morgan fingerprint density at radius 3 is 2.67 bits per heavy atom. The molecule has 2 saturated heterocycles. The number of piperidine rings is 2. The quantitative estimate of drug-likeness (QED) is 0.725. The number of nitrogens with two attached hydrogens (primary N) is 1. The summed E-state index contributed by atoms with van der Waals surface area (Å²) in [5.41, 5.74) is 5.38. The van der Waals surface area contributed by atoms with E-state index in [2.05, 4.69) is 0 Å². The Balaban J connectivity index is 1.84. The molecule has 2 N–H and O–H groups in total. The maximum absolute atomic E-state index is 11.6. The highest BCUT2D eigenvalue weighted by Gasteiger charge is 2.48.